The minimum atomic E-state index is 0.0850. The van der Waals surface area contributed by atoms with E-state index in [2.05, 4.69) is 18.7 Å². The van der Waals surface area contributed by atoms with Crippen LogP contribution in [0.3, 0.4) is 0 Å². The van der Waals surface area contributed by atoms with Gasteiger partial charge in [-0.2, -0.15) is 0 Å². The molecule has 19 heavy (non-hydrogen) atoms. The van der Waals surface area contributed by atoms with Gasteiger partial charge in [-0.3, -0.25) is 4.79 Å². The Kier molecular flexibility index (Phi) is 4.74. The zero-order valence-corrected chi connectivity index (χ0v) is 11.3. The summed E-state index contributed by atoms with van der Waals surface area (Å²) in [5.74, 6) is 0.327. The Balaban J connectivity index is 1.97. The van der Waals surface area contributed by atoms with Gasteiger partial charge in [-0.15, -0.1) is 6.58 Å². The summed E-state index contributed by atoms with van der Waals surface area (Å²) >= 11 is 0. The number of likely N-dealkylation sites (tertiary alicyclic amines) is 1. The third-order valence-corrected chi connectivity index (χ3v) is 3.84. The Hall–Kier alpha value is -1.61. The highest BCUT2D eigenvalue weighted by Gasteiger charge is 2.37. The van der Waals surface area contributed by atoms with E-state index in [1.165, 1.54) is 5.56 Å². The number of carbonyl (C=O) groups is 1. The zero-order chi connectivity index (χ0) is 13.7. The molecule has 0 saturated carbocycles. The lowest BCUT2D eigenvalue weighted by Gasteiger charge is -2.23. The summed E-state index contributed by atoms with van der Waals surface area (Å²) in [6, 6.07) is 10.5. The first-order valence-electron chi connectivity index (χ1n) is 6.91. The van der Waals surface area contributed by atoms with E-state index < -0.39 is 0 Å². The number of nitrogens with zero attached hydrogens (tertiary/aromatic N) is 1. The summed E-state index contributed by atoms with van der Waals surface area (Å²) in [4.78, 5) is 14.3. The molecule has 1 aromatic rings. The largest absolute Gasteiger partial charge is 0.338 e. The molecule has 1 aliphatic heterocycles. The molecular formula is C16H22N2O. The molecule has 0 aromatic heterocycles. The van der Waals surface area contributed by atoms with Crippen LogP contribution in [0.1, 0.15) is 18.4 Å². The average Bonchev–Trinajstić information content (AvgIpc) is 2.74. The van der Waals surface area contributed by atoms with E-state index in [0.29, 0.717) is 6.54 Å². The number of benzene rings is 1. The summed E-state index contributed by atoms with van der Waals surface area (Å²) in [6.45, 7) is 5.04. The summed E-state index contributed by atoms with van der Waals surface area (Å²) in [6.07, 6.45) is 4.36. The van der Waals surface area contributed by atoms with E-state index in [1.54, 1.807) is 0 Å². The van der Waals surface area contributed by atoms with E-state index in [1.807, 2.05) is 29.2 Å². The van der Waals surface area contributed by atoms with Gasteiger partial charge in [0.1, 0.15) is 0 Å². The predicted octanol–water partition coefficient (Wildman–Crippen LogP) is 1.98. The fourth-order valence-electron chi connectivity index (χ4n) is 2.78. The van der Waals surface area contributed by atoms with Crippen LogP contribution >= 0.6 is 0 Å². The van der Waals surface area contributed by atoms with Crippen LogP contribution in [0.15, 0.2) is 43.0 Å². The van der Waals surface area contributed by atoms with Crippen molar-refractivity contribution in [1.29, 1.82) is 0 Å². The van der Waals surface area contributed by atoms with Crippen molar-refractivity contribution in [2.75, 3.05) is 13.1 Å². The van der Waals surface area contributed by atoms with Gasteiger partial charge >= 0.3 is 0 Å². The number of hydrogen-bond donors (Lipinski definition) is 1. The molecule has 1 aliphatic rings. The molecule has 0 aliphatic carbocycles. The highest BCUT2D eigenvalue weighted by molar-refractivity contribution is 5.81. The molecule has 1 saturated heterocycles. The number of carbonyl (C=O) groups excluding carboxylic acids is 1. The van der Waals surface area contributed by atoms with E-state index in [4.69, 9.17) is 5.73 Å². The standard InChI is InChI=1S/C16H22N2O/c1-2-6-14-11-15(12-17)18(16(14)19)10-9-13-7-4-3-5-8-13/h2-5,7-8,14-15H,1,6,9-12,17H2/t14-,15+/m1/s1. The van der Waals surface area contributed by atoms with Crippen LogP contribution in [0.4, 0.5) is 0 Å². The highest BCUT2D eigenvalue weighted by Crippen LogP contribution is 2.27. The van der Waals surface area contributed by atoms with Crippen LogP contribution in [0, 0.1) is 5.92 Å². The molecule has 0 spiro atoms. The van der Waals surface area contributed by atoms with Crippen LogP contribution in [-0.2, 0) is 11.2 Å². The highest BCUT2D eigenvalue weighted by atomic mass is 16.2. The van der Waals surface area contributed by atoms with E-state index in [-0.39, 0.29) is 17.9 Å². The SMILES string of the molecule is C=CC[C@@H]1C[C@@H](CN)N(CCc2ccccc2)C1=O. The van der Waals surface area contributed by atoms with Gasteiger partial charge in [0.25, 0.3) is 0 Å². The molecule has 1 fully saturated rings. The molecule has 1 heterocycles. The Morgan fingerprint density at radius 1 is 1.37 bits per heavy atom. The lowest BCUT2D eigenvalue weighted by atomic mass is 10.0. The van der Waals surface area contributed by atoms with Gasteiger partial charge in [-0.25, -0.2) is 0 Å². The lowest BCUT2D eigenvalue weighted by Crippen LogP contribution is -2.39. The maximum absolute atomic E-state index is 12.3. The quantitative estimate of drug-likeness (QED) is 0.793. The second-order valence-corrected chi connectivity index (χ2v) is 5.11. The Morgan fingerprint density at radius 3 is 2.74 bits per heavy atom. The summed E-state index contributed by atoms with van der Waals surface area (Å²) in [5, 5.41) is 0. The summed E-state index contributed by atoms with van der Waals surface area (Å²) in [5.41, 5.74) is 7.06. The van der Waals surface area contributed by atoms with Crippen LogP contribution < -0.4 is 5.73 Å². The molecule has 2 atom stereocenters. The smallest absolute Gasteiger partial charge is 0.226 e. The van der Waals surface area contributed by atoms with Crippen molar-refractivity contribution in [3.8, 4) is 0 Å². The minimum Gasteiger partial charge on any atom is -0.338 e. The zero-order valence-electron chi connectivity index (χ0n) is 11.3. The van der Waals surface area contributed by atoms with Crippen LogP contribution in [0.25, 0.3) is 0 Å². The number of rotatable bonds is 6. The van der Waals surface area contributed by atoms with Crippen molar-refractivity contribution in [1.82, 2.24) is 4.90 Å². The topological polar surface area (TPSA) is 46.3 Å². The summed E-state index contributed by atoms with van der Waals surface area (Å²) in [7, 11) is 0. The molecule has 2 rings (SSSR count). The van der Waals surface area contributed by atoms with Gasteiger partial charge in [0.05, 0.1) is 0 Å². The van der Waals surface area contributed by atoms with Crippen molar-refractivity contribution in [3.63, 3.8) is 0 Å². The average molecular weight is 258 g/mol. The molecule has 0 bridgehead atoms. The fraction of sp³-hybridized carbons (Fsp3) is 0.438. The van der Waals surface area contributed by atoms with Crippen LogP contribution in [0.5, 0.6) is 0 Å². The molecule has 2 N–H and O–H groups in total. The molecule has 1 aromatic carbocycles. The second kappa shape index (κ2) is 6.53. The van der Waals surface area contributed by atoms with E-state index in [9.17, 15) is 4.79 Å². The van der Waals surface area contributed by atoms with Gasteiger partial charge in [0.15, 0.2) is 0 Å². The second-order valence-electron chi connectivity index (χ2n) is 5.11. The van der Waals surface area contributed by atoms with Crippen LogP contribution in [0.2, 0.25) is 0 Å². The van der Waals surface area contributed by atoms with Gasteiger partial charge in [-0.05, 0) is 24.8 Å². The van der Waals surface area contributed by atoms with Gasteiger partial charge in [-0.1, -0.05) is 36.4 Å². The Bertz CT molecular complexity index is 430. The maximum Gasteiger partial charge on any atom is 0.226 e. The molecule has 102 valence electrons. The van der Waals surface area contributed by atoms with Crippen molar-refractivity contribution in [2.24, 2.45) is 11.7 Å². The molecular weight excluding hydrogens is 236 g/mol. The van der Waals surface area contributed by atoms with Gasteiger partial charge in [0.2, 0.25) is 5.91 Å². The number of amides is 1. The fourth-order valence-corrected chi connectivity index (χ4v) is 2.78. The molecule has 3 nitrogen and oxygen atoms in total. The third kappa shape index (κ3) is 3.24. The monoisotopic (exact) mass is 258 g/mol. The van der Waals surface area contributed by atoms with Crippen LogP contribution in [-0.4, -0.2) is 29.9 Å². The first kappa shape index (κ1) is 13.8. The summed E-state index contributed by atoms with van der Waals surface area (Å²) < 4.78 is 0. The molecule has 0 radical (unpaired) electrons. The lowest BCUT2D eigenvalue weighted by molar-refractivity contribution is -0.131. The number of hydrogen-bond acceptors (Lipinski definition) is 2. The first-order chi connectivity index (χ1) is 9.26. The van der Waals surface area contributed by atoms with Gasteiger partial charge < -0.3 is 10.6 Å². The molecule has 1 amide bonds. The van der Waals surface area contributed by atoms with Crippen molar-refractivity contribution < 1.29 is 4.79 Å². The minimum absolute atomic E-state index is 0.0850. The van der Waals surface area contributed by atoms with E-state index in [0.717, 1.165) is 25.8 Å². The van der Waals surface area contributed by atoms with E-state index >= 15 is 0 Å². The number of nitrogens with two attached hydrogens (primary N) is 1. The van der Waals surface area contributed by atoms with Crippen molar-refractivity contribution >= 4 is 5.91 Å². The third-order valence-electron chi connectivity index (χ3n) is 3.84. The maximum atomic E-state index is 12.3. The molecule has 3 heteroatoms. The normalized spacial score (nSPS) is 22.8. The van der Waals surface area contributed by atoms with Crippen molar-refractivity contribution in [2.45, 2.75) is 25.3 Å². The number of allylic oxidation sites excluding steroid dienone is 1. The first-order valence-corrected chi connectivity index (χ1v) is 6.91. The molecule has 0 unspecified atom stereocenters. The van der Waals surface area contributed by atoms with Crippen molar-refractivity contribution in [3.05, 3.63) is 48.6 Å². The predicted molar refractivity (Wildman–Crippen MR) is 77.6 cm³/mol. The van der Waals surface area contributed by atoms with Gasteiger partial charge in [0, 0.05) is 25.0 Å². The Morgan fingerprint density at radius 2 is 2.11 bits per heavy atom. The Labute approximate surface area is 115 Å².